The average molecular weight is 526 g/mol. The van der Waals surface area contributed by atoms with Crippen molar-refractivity contribution >= 4 is 39.4 Å². The Kier molecular flexibility index (Phi) is 6.02. The summed E-state index contributed by atoms with van der Waals surface area (Å²) in [4.78, 5) is 22.6. The van der Waals surface area contributed by atoms with Crippen molar-refractivity contribution in [2.24, 2.45) is 0 Å². The molecule has 7 nitrogen and oxygen atoms in total. The second kappa shape index (κ2) is 8.61. The number of nitrogen functional groups attached to an aromatic ring is 1. The number of benzene rings is 2. The highest BCUT2D eigenvalue weighted by atomic mass is 79.9. The molecular weight excluding hydrogens is 510 g/mol. The van der Waals surface area contributed by atoms with Crippen LogP contribution < -0.4 is 10.5 Å². The molecular formula is C21H16BrClF2N4O3. The van der Waals surface area contributed by atoms with Crippen molar-refractivity contribution < 1.29 is 23.4 Å². The van der Waals surface area contributed by atoms with Gasteiger partial charge in [0.1, 0.15) is 5.75 Å². The molecule has 32 heavy (non-hydrogen) atoms. The number of fused-ring (bicyclic) bond motifs is 1. The molecule has 0 spiro atoms. The Morgan fingerprint density at radius 3 is 2.78 bits per heavy atom. The van der Waals surface area contributed by atoms with Crippen LogP contribution in [0.25, 0.3) is 11.3 Å². The molecule has 1 aliphatic rings. The number of anilines is 1. The number of hydrogen-bond acceptors (Lipinski definition) is 6. The zero-order chi connectivity index (χ0) is 23.2. The molecule has 0 radical (unpaired) electrons. The Morgan fingerprint density at radius 2 is 2.06 bits per heavy atom. The average Bonchev–Trinajstić information content (AvgIpc) is 3.18. The number of halogens is 4. The van der Waals surface area contributed by atoms with Crippen molar-refractivity contribution in [3.63, 3.8) is 0 Å². The second-order valence-electron chi connectivity index (χ2n) is 7.06. The number of carbonyl (C=O) groups excluding carboxylic acids is 1. The van der Waals surface area contributed by atoms with Crippen LogP contribution in [0.5, 0.6) is 5.75 Å². The summed E-state index contributed by atoms with van der Waals surface area (Å²) >= 11 is 9.79. The third-order valence-corrected chi connectivity index (χ3v) is 6.05. The van der Waals surface area contributed by atoms with Crippen LogP contribution >= 0.6 is 27.5 Å². The number of ether oxygens (including phenoxy) is 1. The number of hydrogen-bond donors (Lipinski definition) is 2. The maximum atomic E-state index is 14.1. The van der Waals surface area contributed by atoms with E-state index >= 15 is 0 Å². The van der Waals surface area contributed by atoms with E-state index < -0.39 is 29.2 Å². The molecule has 3 aromatic rings. The Morgan fingerprint density at radius 1 is 1.31 bits per heavy atom. The topological polar surface area (TPSA) is 102 Å². The van der Waals surface area contributed by atoms with Gasteiger partial charge < -0.3 is 20.5 Å². The smallest absolute Gasteiger partial charge is 0.256 e. The number of rotatable bonds is 4. The molecule has 166 valence electrons. The highest BCUT2D eigenvalue weighted by molar-refractivity contribution is 9.10. The predicted octanol–water partition coefficient (Wildman–Crippen LogP) is 4.00. The van der Waals surface area contributed by atoms with Crippen molar-refractivity contribution in [1.82, 2.24) is 14.9 Å². The summed E-state index contributed by atoms with van der Waals surface area (Å²) in [7, 11) is 1.50. The maximum Gasteiger partial charge on any atom is 0.256 e. The van der Waals surface area contributed by atoms with E-state index in [4.69, 9.17) is 22.1 Å². The van der Waals surface area contributed by atoms with E-state index in [0.29, 0.717) is 37.8 Å². The lowest BCUT2D eigenvalue weighted by molar-refractivity contribution is -0.141. The summed E-state index contributed by atoms with van der Waals surface area (Å²) in [5.74, 6) is -2.75. The van der Waals surface area contributed by atoms with Crippen LogP contribution in [0.4, 0.5) is 14.7 Å². The summed E-state index contributed by atoms with van der Waals surface area (Å²) in [6.07, 6.45) is -1.88. The molecule has 1 unspecified atom stereocenters. The molecule has 3 N–H and O–H groups in total. The van der Waals surface area contributed by atoms with Gasteiger partial charge in [-0.25, -0.2) is 18.7 Å². The lowest BCUT2D eigenvalue weighted by atomic mass is 10.0. The molecule has 1 aliphatic heterocycles. The monoisotopic (exact) mass is 524 g/mol. The molecule has 0 saturated carbocycles. The van der Waals surface area contributed by atoms with Crippen LogP contribution in [-0.4, -0.2) is 33.0 Å². The second-order valence-corrected chi connectivity index (χ2v) is 8.32. The van der Waals surface area contributed by atoms with Gasteiger partial charge in [0.2, 0.25) is 5.95 Å². The molecule has 0 fully saturated rings. The van der Waals surface area contributed by atoms with Gasteiger partial charge in [-0.1, -0.05) is 23.7 Å². The van der Waals surface area contributed by atoms with Crippen molar-refractivity contribution in [2.75, 3.05) is 12.8 Å². The standard InChI is InChI=1S/C21H16BrClF2N4O3/c1-32-16-5-10(13(23)6-12(16)22)18-11-7-29(8-15(11)27-21(26)28-18)20(31)19(30)9-3-2-4-14(24)17(9)25/h2-6,19,30H,7-8H2,1H3,(H2,26,27,28). The third kappa shape index (κ3) is 3.89. The molecule has 0 saturated heterocycles. The number of aromatic nitrogens is 2. The third-order valence-electron chi connectivity index (χ3n) is 5.12. The molecule has 11 heteroatoms. The molecule has 0 aliphatic carbocycles. The van der Waals surface area contributed by atoms with Crippen LogP contribution in [0.1, 0.15) is 22.9 Å². The lowest BCUT2D eigenvalue weighted by Crippen LogP contribution is -2.31. The van der Waals surface area contributed by atoms with Crippen LogP contribution in [0.2, 0.25) is 5.02 Å². The Bertz CT molecular complexity index is 1240. The number of carbonyl (C=O) groups is 1. The Labute approximate surface area is 194 Å². The highest BCUT2D eigenvalue weighted by Gasteiger charge is 2.34. The van der Waals surface area contributed by atoms with Crippen molar-refractivity contribution in [1.29, 1.82) is 0 Å². The number of nitrogens with zero attached hydrogens (tertiary/aromatic N) is 3. The minimum atomic E-state index is -1.88. The quantitative estimate of drug-likeness (QED) is 0.534. The van der Waals surface area contributed by atoms with Gasteiger partial charge >= 0.3 is 0 Å². The zero-order valence-electron chi connectivity index (χ0n) is 16.6. The first-order valence-electron chi connectivity index (χ1n) is 9.30. The summed E-state index contributed by atoms with van der Waals surface area (Å²) in [6.45, 7) is 0.0274. The van der Waals surface area contributed by atoms with E-state index in [1.807, 2.05) is 0 Å². The van der Waals surface area contributed by atoms with Gasteiger partial charge in [0, 0.05) is 16.7 Å². The SMILES string of the molecule is COc1cc(-c2nc(N)nc3c2CN(C(=O)C(O)c2cccc(F)c2F)C3)c(Cl)cc1Br. The van der Waals surface area contributed by atoms with Gasteiger partial charge in [-0.2, -0.15) is 0 Å². The van der Waals surface area contributed by atoms with Crippen molar-refractivity contribution in [3.8, 4) is 17.0 Å². The molecule has 1 amide bonds. The maximum absolute atomic E-state index is 14.1. The van der Waals surface area contributed by atoms with E-state index in [-0.39, 0.29) is 19.0 Å². The number of amides is 1. The fourth-order valence-corrected chi connectivity index (χ4v) is 4.45. The Hall–Kier alpha value is -2.82. The Balaban J connectivity index is 1.70. The number of nitrogens with two attached hydrogens (primary N) is 1. The van der Waals surface area contributed by atoms with E-state index in [1.165, 1.54) is 18.1 Å². The van der Waals surface area contributed by atoms with Crippen LogP contribution in [0.3, 0.4) is 0 Å². The molecule has 1 aromatic heterocycles. The fourth-order valence-electron chi connectivity index (χ4n) is 3.56. The zero-order valence-corrected chi connectivity index (χ0v) is 18.9. The highest BCUT2D eigenvalue weighted by Crippen LogP contribution is 2.40. The summed E-state index contributed by atoms with van der Waals surface area (Å²) in [6, 6.07) is 6.60. The fraction of sp³-hybridized carbons (Fsp3) is 0.190. The van der Waals surface area contributed by atoms with Gasteiger partial charge in [-0.15, -0.1) is 0 Å². The molecule has 2 aromatic carbocycles. The largest absolute Gasteiger partial charge is 0.496 e. The van der Waals surface area contributed by atoms with Crippen molar-refractivity contribution in [2.45, 2.75) is 19.2 Å². The van der Waals surface area contributed by atoms with E-state index in [9.17, 15) is 18.7 Å². The summed E-state index contributed by atoms with van der Waals surface area (Å²) in [5, 5.41) is 10.8. The minimum Gasteiger partial charge on any atom is -0.496 e. The summed E-state index contributed by atoms with van der Waals surface area (Å²) in [5.41, 5.74) is 7.39. The van der Waals surface area contributed by atoms with Gasteiger partial charge in [-0.3, -0.25) is 4.79 Å². The normalized spacial score (nSPS) is 13.8. The van der Waals surface area contributed by atoms with Gasteiger partial charge in [0.15, 0.2) is 17.7 Å². The first-order valence-corrected chi connectivity index (χ1v) is 10.5. The first-order chi connectivity index (χ1) is 15.2. The van der Waals surface area contributed by atoms with E-state index in [2.05, 4.69) is 25.9 Å². The molecule has 4 rings (SSSR count). The minimum absolute atomic E-state index is 0.00711. The molecule has 1 atom stereocenters. The van der Waals surface area contributed by atoms with Gasteiger partial charge in [0.25, 0.3) is 5.91 Å². The first kappa shape index (κ1) is 22.4. The number of aliphatic hydroxyl groups is 1. The van der Waals surface area contributed by atoms with Gasteiger partial charge in [0.05, 0.1) is 41.1 Å². The predicted molar refractivity (Wildman–Crippen MR) is 117 cm³/mol. The van der Waals surface area contributed by atoms with Crippen molar-refractivity contribution in [3.05, 3.63) is 68.3 Å². The van der Waals surface area contributed by atoms with E-state index in [0.717, 1.165) is 12.1 Å². The van der Waals surface area contributed by atoms with Crippen LogP contribution in [0.15, 0.2) is 34.8 Å². The molecule has 2 heterocycles. The van der Waals surface area contributed by atoms with Crippen LogP contribution in [0, 0.1) is 11.6 Å². The number of methoxy groups -OCH3 is 1. The lowest BCUT2D eigenvalue weighted by Gasteiger charge is -2.20. The summed E-state index contributed by atoms with van der Waals surface area (Å²) < 4.78 is 33.6. The van der Waals surface area contributed by atoms with Gasteiger partial charge in [-0.05, 0) is 34.1 Å². The number of aliphatic hydroxyl groups excluding tert-OH is 1. The van der Waals surface area contributed by atoms with E-state index in [1.54, 1.807) is 12.1 Å². The van der Waals surface area contributed by atoms with Crippen LogP contribution in [-0.2, 0) is 17.9 Å². The molecule has 0 bridgehead atoms.